The average molecular weight is 210 g/mol. The molecule has 1 amide bonds. The summed E-state index contributed by atoms with van der Waals surface area (Å²) in [6.45, 7) is 8.01. The minimum Gasteiger partial charge on any atom is -0.339 e. The summed E-state index contributed by atoms with van der Waals surface area (Å²) in [5.41, 5.74) is 6.30. The van der Waals surface area contributed by atoms with E-state index in [1.807, 2.05) is 4.90 Å². The van der Waals surface area contributed by atoms with Crippen LogP contribution in [0, 0.1) is 11.3 Å². The molecular formula is C12H22N2O. The lowest BCUT2D eigenvalue weighted by Gasteiger charge is -2.48. The fraction of sp³-hybridized carbons (Fsp3) is 0.917. The molecule has 2 N–H and O–H groups in total. The third kappa shape index (κ3) is 1.89. The molecular weight excluding hydrogens is 188 g/mol. The summed E-state index contributed by atoms with van der Waals surface area (Å²) in [6.07, 6.45) is 3.19. The topological polar surface area (TPSA) is 46.3 Å². The maximum atomic E-state index is 12.0. The molecule has 86 valence electrons. The highest BCUT2D eigenvalue weighted by molar-refractivity contribution is 5.83. The minimum absolute atomic E-state index is 0.0799. The van der Waals surface area contributed by atoms with Gasteiger partial charge in [-0.2, -0.15) is 0 Å². The summed E-state index contributed by atoms with van der Waals surface area (Å²) < 4.78 is 0. The van der Waals surface area contributed by atoms with E-state index in [4.69, 9.17) is 5.73 Å². The van der Waals surface area contributed by atoms with E-state index in [2.05, 4.69) is 20.8 Å². The Hall–Kier alpha value is -0.570. The second-order valence-electron chi connectivity index (χ2n) is 6.05. The highest BCUT2D eigenvalue weighted by Gasteiger charge is 2.54. The van der Waals surface area contributed by atoms with Crippen molar-refractivity contribution in [3.8, 4) is 0 Å². The Morgan fingerprint density at radius 1 is 1.47 bits per heavy atom. The quantitative estimate of drug-likeness (QED) is 0.764. The third-order valence-electron chi connectivity index (χ3n) is 3.88. The molecule has 0 radical (unpaired) electrons. The summed E-state index contributed by atoms with van der Waals surface area (Å²) in [7, 11) is 0. The maximum Gasteiger partial charge on any atom is 0.226 e. The van der Waals surface area contributed by atoms with Crippen LogP contribution in [0.1, 0.15) is 40.0 Å². The van der Waals surface area contributed by atoms with E-state index < -0.39 is 0 Å². The molecule has 1 aliphatic heterocycles. The number of nitrogens with zero attached hydrogens (tertiary/aromatic N) is 1. The Balaban J connectivity index is 1.82. The van der Waals surface area contributed by atoms with Crippen molar-refractivity contribution >= 4 is 5.91 Å². The number of nitrogens with two attached hydrogens (primary N) is 1. The Morgan fingerprint density at radius 3 is 2.40 bits per heavy atom. The van der Waals surface area contributed by atoms with Gasteiger partial charge in [-0.15, -0.1) is 0 Å². The standard InChI is InChI=1S/C12H22N2O/c1-4-5-12(13)7-14(8-12)10(15)9-6-11(9,2)3/h9H,4-8,13H2,1-3H3. The Labute approximate surface area is 92.0 Å². The summed E-state index contributed by atoms with van der Waals surface area (Å²) in [4.78, 5) is 13.9. The number of carbonyl (C=O) groups is 1. The maximum absolute atomic E-state index is 12.0. The van der Waals surface area contributed by atoms with Crippen LogP contribution in [-0.4, -0.2) is 29.4 Å². The highest BCUT2D eigenvalue weighted by Crippen LogP contribution is 2.53. The Morgan fingerprint density at radius 2 is 2.00 bits per heavy atom. The summed E-state index contributed by atoms with van der Waals surface area (Å²) in [5, 5.41) is 0. The number of carbonyl (C=O) groups excluding carboxylic acids is 1. The number of rotatable bonds is 3. The van der Waals surface area contributed by atoms with Crippen LogP contribution in [-0.2, 0) is 4.79 Å². The van der Waals surface area contributed by atoms with Gasteiger partial charge in [-0.1, -0.05) is 27.2 Å². The second kappa shape index (κ2) is 3.21. The number of hydrogen-bond donors (Lipinski definition) is 1. The Kier molecular flexibility index (Phi) is 2.34. The van der Waals surface area contributed by atoms with E-state index in [0.717, 1.165) is 32.4 Å². The molecule has 1 saturated carbocycles. The smallest absolute Gasteiger partial charge is 0.226 e. The van der Waals surface area contributed by atoms with Gasteiger partial charge in [-0.25, -0.2) is 0 Å². The first-order valence-corrected chi connectivity index (χ1v) is 5.96. The highest BCUT2D eigenvalue weighted by atomic mass is 16.2. The van der Waals surface area contributed by atoms with E-state index in [1.54, 1.807) is 0 Å². The van der Waals surface area contributed by atoms with Crippen molar-refractivity contribution in [3.63, 3.8) is 0 Å². The van der Waals surface area contributed by atoms with Crippen molar-refractivity contribution in [2.24, 2.45) is 17.1 Å². The van der Waals surface area contributed by atoms with Gasteiger partial charge < -0.3 is 10.6 Å². The number of hydrogen-bond acceptors (Lipinski definition) is 2. The molecule has 1 saturated heterocycles. The van der Waals surface area contributed by atoms with Crippen LogP contribution < -0.4 is 5.73 Å². The molecule has 0 bridgehead atoms. The predicted octanol–water partition coefficient (Wildman–Crippen LogP) is 1.37. The van der Waals surface area contributed by atoms with Gasteiger partial charge in [0.05, 0.1) is 5.54 Å². The van der Waals surface area contributed by atoms with Crippen molar-refractivity contribution in [2.45, 2.75) is 45.6 Å². The first kappa shape index (κ1) is 10.9. The first-order chi connectivity index (χ1) is 6.88. The predicted molar refractivity (Wildman–Crippen MR) is 60.3 cm³/mol. The van der Waals surface area contributed by atoms with Crippen molar-refractivity contribution in [1.29, 1.82) is 0 Å². The van der Waals surface area contributed by atoms with Gasteiger partial charge in [0.25, 0.3) is 0 Å². The fourth-order valence-electron chi connectivity index (χ4n) is 2.63. The van der Waals surface area contributed by atoms with E-state index in [-0.39, 0.29) is 16.9 Å². The van der Waals surface area contributed by atoms with E-state index in [1.165, 1.54) is 0 Å². The fourth-order valence-corrected chi connectivity index (χ4v) is 2.63. The Bertz CT molecular complexity index is 279. The van der Waals surface area contributed by atoms with E-state index >= 15 is 0 Å². The molecule has 3 nitrogen and oxygen atoms in total. The normalized spacial score (nSPS) is 30.9. The second-order valence-corrected chi connectivity index (χ2v) is 6.05. The van der Waals surface area contributed by atoms with Crippen LogP contribution in [0.5, 0.6) is 0 Å². The third-order valence-corrected chi connectivity index (χ3v) is 3.88. The van der Waals surface area contributed by atoms with Gasteiger partial charge in [0.1, 0.15) is 0 Å². The summed E-state index contributed by atoms with van der Waals surface area (Å²) in [5.74, 6) is 0.598. The SMILES string of the molecule is CCCC1(N)CN(C(=O)C2CC2(C)C)C1. The minimum atomic E-state index is -0.0799. The van der Waals surface area contributed by atoms with Crippen LogP contribution in [0.2, 0.25) is 0 Å². The zero-order valence-electron chi connectivity index (χ0n) is 10.0. The van der Waals surface area contributed by atoms with E-state index in [0.29, 0.717) is 5.91 Å². The molecule has 1 aliphatic carbocycles. The largest absolute Gasteiger partial charge is 0.339 e. The van der Waals surface area contributed by atoms with Crippen molar-refractivity contribution < 1.29 is 4.79 Å². The summed E-state index contributed by atoms with van der Waals surface area (Å²) in [6, 6.07) is 0. The molecule has 15 heavy (non-hydrogen) atoms. The van der Waals surface area contributed by atoms with Crippen LogP contribution in [0.4, 0.5) is 0 Å². The molecule has 0 spiro atoms. The van der Waals surface area contributed by atoms with E-state index in [9.17, 15) is 4.79 Å². The zero-order valence-corrected chi connectivity index (χ0v) is 10.0. The van der Waals surface area contributed by atoms with Crippen LogP contribution in [0.15, 0.2) is 0 Å². The van der Waals surface area contributed by atoms with Gasteiger partial charge in [0, 0.05) is 19.0 Å². The van der Waals surface area contributed by atoms with Crippen LogP contribution in [0.3, 0.4) is 0 Å². The van der Waals surface area contributed by atoms with Crippen molar-refractivity contribution in [3.05, 3.63) is 0 Å². The van der Waals surface area contributed by atoms with Crippen molar-refractivity contribution in [1.82, 2.24) is 4.90 Å². The van der Waals surface area contributed by atoms with Crippen LogP contribution >= 0.6 is 0 Å². The lowest BCUT2D eigenvalue weighted by Crippen LogP contribution is -2.68. The first-order valence-electron chi connectivity index (χ1n) is 5.96. The van der Waals surface area contributed by atoms with Crippen molar-refractivity contribution in [2.75, 3.05) is 13.1 Å². The van der Waals surface area contributed by atoms with Crippen LogP contribution in [0.25, 0.3) is 0 Å². The molecule has 2 rings (SSSR count). The lowest BCUT2D eigenvalue weighted by molar-refractivity contribution is -0.141. The molecule has 1 atom stereocenters. The molecule has 3 heteroatoms. The molecule has 0 aromatic carbocycles. The van der Waals surface area contributed by atoms with Gasteiger partial charge in [0.2, 0.25) is 5.91 Å². The monoisotopic (exact) mass is 210 g/mol. The van der Waals surface area contributed by atoms with Gasteiger partial charge in [-0.05, 0) is 18.3 Å². The molecule has 1 unspecified atom stereocenters. The summed E-state index contributed by atoms with van der Waals surface area (Å²) >= 11 is 0. The number of likely N-dealkylation sites (tertiary alicyclic amines) is 1. The van der Waals surface area contributed by atoms with Gasteiger partial charge in [-0.3, -0.25) is 4.79 Å². The molecule has 2 fully saturated rings. The molecule has 0 aromatic rings. The lowest BCUT2D eigenvalue weighted by atomic mass is 9.86. The molecule has 0 aromatic heterocycles. The zero-order chi connectivity index (χ0) is 11.3. The number of amides is 1. The molecule has 1 heterocycles. The molecule has 2 aliphatic rings. The van der Waals surface area contributed by atoms with Gasteiger partial charge >= 0.3 is 0 Å². The van der Waals surface area contributed by atoms with Gasteiger partial charge in [0.15, 0.2) is 0 Å². The average Bonchev–Trinajstić information content (AvgIpc) is 2.70.